The summed E-state index contributed by atoms with van der Waals surface area (Å²) in [6, 6.07) is 5.96. The smallest absolute Gasteiger partial charge is 0.160 e. The van der Waals surface area contributed by atoms with Crippen molar-refractivity contribution < 1.29 is 0 Å². The van der Waals surface area contributed by atoms with Gasteiger partial charge < -0.3 is 5.73 Å². The quantitative estimate of drug-likeness (QED) is 0.840. The fraction of sp³-hybridized carbons (Fsp3) is 0.467. The third-order valence-electron chi connectivity index (χ3n) is 4.03. The highest BCUT2D eigenvalue weighted by molar-refractivity contribution is 5.74. The van der Waals surface area contributed by atoms with Gasteiger partial charge in [-0.25, -0.2) is 9.67 Å². The maximum atomic E-state index is 6.10. The summed E-state index contributed by atoms with van der Waals surface area (Å²) >= 11 is 0. The number of aryl methyl sites for hydroxylation is 2. The van der Waals surface area contributed by atoms with E-state index in [9.17, 15) is 0 Å². The van der Waals surface area contributed by atoms with Crippen LogP contribution in [-0.2, 0) is 7.05 Å². The molecule has 0 unspecified atom stereocenters. The molecule has 0 radical (unpaired) electrons. The third kappa shape index (κ3) is 2.11. The zero-order valence-corrected chi connectivity index (χ0v) is 11.6. The lowest BCUT2D eigenvalue weighted by molar-refractivity contribution is 0.648. The first-order valence-corrected chi connectivity index (χ1v) is 6.93. The van der Waals surface area contributed by atoms with Crippen molar-refractivity contribution in [1.29, 1.82) is 0 Å². The van der Waals surface area contributed by atoms with Crippen molar-refractivity contribution >= 4 is 5.69 Å². The zero-order valence-electron chi connectivity index (χ0n) is 11.6. The van der Waals surface area contributed by atoms with Crippen molar-refractivity contribution in [2.75, 3.05) is 5.73 Å². The molecule has 0 atom stereocenters. The Balaban J connectivity index is 2.05. The summed E-state index contributed by atoms with van der Waals surface area (Å²) < 4.78 is 1.87. The van der Waals surface area contributed by atoms with Gasteiger partial charge in [-0.15, -0.1) is 0 Å². The predicted molar refractivity (Wildman–Crippen MR) is 76.8 cm³/mol. The number of benzene rings is 1. The van der Waals surface area contributed by atoms with Gasteiger partial charge in [0.05, 0.1) is 0 Å². The minimum Gasteiger partial charge on any atom is -0.398 e. The number of nitrogen functional groups attached to an aromatic ring is 1. The molecule has 2 aromatic rings. The maximum absolute atomic E-state index is 6.10. The molecule has 0 saturated heterocycles. The Morgan fingerprint density at radius 3 is 2.68 bits per heavy atom. The van der Waals surface area contributed by atoms with E-state index in [1.165, 1.54) is 25.7 Å². The van der Waals surface area contributed by atoms with Crippen molar-refractivity contribution in [3.63, 3.8) is 0 Å². The monoisotopic (exact) mass is 256 g/mol. The minimum atomic E-state index is 0.533. The standard InChI is InChI=1S/C15H20N4/c1-10-6-5-9-12(16)13(10)15-17-14(18-19(15)2)11-7-3-4-8-11/h5-6,9,11H,3-4,7-8,16H2,1-2H3. The fourth-order valence-electron chi connectivity index (χ4n) is 2.97. The average molecular weight is 256 g/mol. The molecule has 1 aliphatic carbocycles. The lowest BCUT2D eigenvalue weighted by atomic mass is 10.1. The van der Waals surface area contributed by atoms with Crippen LogP contribution in [-0.4, -0.2) is 14.8 Å². The second-order valence-corrected chi connectivity index (χ2v) is 5.44. The first-order valence-electron chi connectivity index (χ1n) is 6.93. The Morgan fingerprint density at radius 2 is 2.00 bits per heavy atom. The van der Waals surface area contributed by atoms with Crippen LogP contribution in [0.5, 0.6) is 0 Å². The summed E-state index contributed by atoms with van der Waals surface area (Å²) in [5.74, 6) is 2.40. The number of hydrogen-bond donors (Lipinski definition) is 1. The summed E-state index contributed by atoms with van der Waals surface area (Å²) in [5, 5.41) is 4.60. The Morgan fingerprint density at radius 1 is 1.26 bits per heavy atom. The molecule has 3 rings (SSSR count). The molecule has 4 nitrogen and oxygen atoms in total. The van der Waals surface area contributed by atoms with Gasteiger partial charge in [0.2, 0.25) is 0 Å². The Kier molecular flexibility index (Phi) is 3.01. The van der Waals surface area contributed by atoms with Gasteiger partial charge in [0, 0.05) is 24.2 Å². The van der Waals surface area contributed by atoms with E-state index in [0.717, 1.165) is 28.5 Å². The van der Waals surface area contributed by atoms with Gasteiger partial charge >= 0.3 is 0 Å². The predicted octanol–water partition coefficient (Wildman–Crippen LogP) is 3.03. The second kappa shape index (κ2) is 4.68. The first-order chi connectivity index (χ1) is 9.16. The normalized spacial score (nSPS) is 16.1. The van der Waals surface area contributed by atoms with Crippen LogP contribution in [0, 0.1) is 6.92 Å². The zero-order chi connectivity index (χ0) is 13.4. The molecule has 2 N–H and O–H groups in total. The summed E-state index contributed by atoms with van der Waals surface area (Å²) in [7, 11) is 1.95. The van der Waals surface area contributed by atoms with E-state index in [0.29, 0.717) is 5.92 Å². The Labute approximate surface area is 113 Å². The Hall–Kier alpha value is -1.84. The van der Waals surface area contributed by atoms with E-state index in [1.54, 1.807) is 0 Å². The average Bonchev–Trinajstić information content (AvgIpc) is 2.99. The molecule has 0 amide bonds. The molecule has 100 valence electrons. The molecule has 1 heterocycles. The van der Waals surface area contributed by atoms with Gasteiger partial charge in [0.15, 0.2) is 11.6 Å². The molecule has 0 aliphatic heterocycles. The molecular weight excluding hydrogens is 236 g/mol. The van der Waals surface area contributed by atoms with Crippen molar-refractivity contribution in [3.8, 4) is 11.4 Å². The van der Waals surface area contributed by atoms with Crippen LogP contribution in [0.15, 0.2) is 18.2 Å². The largest absolute Gasteiger partial charge is 0.398 e. The lowest BCUT2D eigenvalue weighted by Crippen LogP contribution is -2.00. The van der Waals surface area contributed by atoms with Crippen LogP contribution >= 0.6 is 0 Å². The number of nitrogens with two attached hydrogens (primary N) is 1. The number of anilines is 1. The molecule has 1 saturated carbocycles. The third-order valence-corrected chi connectivity index (χ3v) is 4.03. The molecule has 1 fully saturated rings. The Bertz CT molecular complexity index is 574. The number of hydrogen-bond acceptors (Lipinski definition) is 3. The van der Waals surface area contributed by atoms with Gasteiger partial charge in [-0.2, -0.15) is 5.10 Å². The van der Waals surface area contributed by atoms with E-state index in [2.05, 4.69) is 18.1 Å². The molecule has 0 spiro atoms. The number of nitrogens with zero attached hydrogens (tertiary/aromatic N) is 3. The van der Waals surface area contributed by atoms with E-state index >= 15 is 0 Å². The van der Waals surface area contributed by atoms with Gasteiger partial charge in [-0.05, 0) is 31.4 Å². The van der Waals surface area contributed by atoms with E-state index < -0.39 is 0 Å². The summed E-state index contributed by atoms with van der Waals surface area (Å²) in [5.41, 5.74) is 9.04. The van der Waals surface area contributed by atoms with E-state index in [-0.39, 0.29) is 0 Å². The summed E-state index contributed by atoms with van der Waals surface area (Å²) in [4.78, 5) is 4.76. The van der Waals surface area contributed by atoms with Crippen molar-refractivity contribution in [1.82, 2.24) is 14.8 Å². The minimum absolute atomic E-state index is 0.533. The number of rotatable bonds is 2. The van der Waals surface area contributed by atoms with Gasteiger partial charge in [0.1, 0.15) is 0 Å². The maximum Gasteiger partial charge on any atom is 0.160 e. The second-order valence-electron chi connectivity index (χ2n) is 5.44. The summed E-state index contributed by atoms with van der Waals surface area (Å²) in [6.07, 6.45) is 5.02. The van der Waals surface area contributed by atoms with Gasteiger partial charge in [-0.1, -0.05) is 25.0 Å². The summed E-state index contributed by atoms with van der Waals surface area (Å²) in [6.45, 7) is 2.07. The van der Waals surface area contributed by atoms with Crippen LogP contribution in [0.1, 0.15) is 43.0 Å². The highest BCUT2D eigenvalue weighted by atomic mass is 15.3. The van der Waals surface area contributed by atoms with Crippen LogP contribution in [0.25, 0.3) is 11.4 Å². The molecule has 1 aromatic heterocycles. The molecular formula is C15H20N4. The van der Waals surface area contributed by atoms with Crippen molar-refractivity contribution in [3.05, 3.63) is 29.6 Å². The lowest BCUT2D eigenvalue weighted by Gasteiger charge is -2.07. The van der Waals surface area contributed by atoms with Crippen LogP contribution in [0.3, 0.4) is 0 Å². The molecule has 4 heteroatoms. The van der Waals surface area contributed by atoms with Gasteiger partial charge in [-0.3, -0.25) is 0 Å². The SMILES string of the molecule is Cc1cccc(N)c1-c1nc(C2CCCC2)nn1C. The first kappa shape index (κ1) is 12.2. The molecule has 1 aliphatic rings. The van der Waals surface area contributed by atoms with Crippen LogP contribution < -0.4 is 5.73 Å². The van der Waals surface area contributed by atoms with Gasteiger partial charge in [0.25, 0.3) is 0 Å². The van der Waals surface area contributed by atoms with E-state index in [4.69, 9.17) is 10.7 Å². The van der Waals surface area contributed by atoms with Crippen molar-refractivity contribution in [2.24, 2.45) is 7.05 Å². The van der Waals surface area contributed by atoms with Crippen molar-refractivity contribution in [2.45, 2.75) is 38.5 Å². The highest BCUT2D eigenvalue weighted by Crippen LogP contribution is 2.34. The molecule has 19 heavy (non-hydrogen) atoms. The highest BCUT2D eigenvalue weighted by Gasteiger charge is 2.23. The number of aromatic nitrogens is 3. The molecule has 1 aromatic carbocycles. The topological polar surface area (TPSA) is 56.7 Å². The van der Waals surface area contributed by atoms with E-state index in [1.807, 2.05) is 23.9 Å². The fourth-order valence-corrected chi connectivity index (χ4v) is 2.97. The van der Waals surface area contributed by atoms with Crippen LogP contribution in [0.2, 0.25) is 0 Å². The van der Waals surface area contributed by atoms with Crippen LogP contribution in [0.4, 0.5) is 5.69 Å². The molecule has 0 bridgehead atoms.